The number of carbonyl (C=O) groups is 1. The molecule has 2 fully saturated rings. The van der Waals surface area contributed by atoms with Gasteiger partial charge in [-0.2, -0.15) is 0 Å². The van der Waals surface area contributed by atoms with Crippen molar-refractivity contribution >= 4 is 5.91 Å². The molecule has 2 saturated heterocycles. The molecular weight excluding hydrogens is 320 g/mol. The number of hydrogen-bond acceptors (Lipinski definition) is 5. The molecule has 25 heavy (non-hydrogen) atoms. The molecule has 0 aromatic heterocycles. The van der Waals surface area contributed by atoms with Crippen molar-refractivity contribution in [3.63, 3.8) is 0 Å². The summed E-state index contributed by atoms with van der Waals surface area (Å²) < 4.78 is 16.3. The lowest BCUT2D eigenvalue weighted by molar-refractivity contribution is -0.133. The summed E-state index contributed by atoms with van der Waals surface area (Å²) in [6.45, 7) is 4.03. The number of aryl methyl sites for hydroxylation is 1. The van der Waals surface area contributed by atoms with E-state index < -0.39 is 0 Å². The van der Waals surface area contributed by atoms with Crippen molar-refractivity contribution in [2.45, 2.75) is 18.9 Å². The van der Waals surface area contributed by atoms with Gasteiger partial charge in [-0.1, -0.05) is 6.07 Å². The molecule has 2 atom stereocenters. The number of amides is 1. The van der Waals surface area contributed by atoms with Crippen LogP contribution < -0.4 is 9.47 Å². The predicted molar refractivity (Wildman–Crippen MR) is 95.2 cm³/mol. The minimum absolute atomic E-state index is 0.224. The molecule has 1 aromatic carbocycles. The Morgan fingerprint density at radius 2 is 1.96 bits per heavy atom. The monoisotopic (exact) mass is 348 g/mol. The van der Waals surface area contributed by atoms with Crippen LogP contribution in [-0.4, -0.2) is 75.9 Å². The van der Waals surface area contributed by atoms with Crippen LogP contribution in [0.1, 0.15) is 12.0 Å². The van der Waals surface area contributed by atoms with Gasteiger partial charge in [0.05, 0.1) is 33.5 Å². The topological polar surface area (TPSA) is 51.2 Å². The zero-order valence-corrected chi connectivity index (χ0v) is 15.4. The van der Waals surface area contributed by atoms with Crippen molar-refractivity contribution in [2.24, 2.45) is 5.92 Å². The zero-order chi connectivity index (χ0) is 17.8. The Balaban J connectivity index is 1.61. The van der Waals surface area contributed by atoms with Gasteiger partial charge in [-0.05, 0) is 31.2 Å². The SMILES string of the molecule is COc1ccc(CCC(=O)N2C[C@@H]3COC[C@H](C2)N(C)C3)cc1OC. The summed E-state index contributed by atoms with van der Waals surface area (Å²) >= 11 is 0. The molecule has 0 saturated carbocycles. The number of benzene rings is 1. The Morgan fingerprint density at radius 3 is 2.72 bits per heavy atom. The fourth-order valence-corrected chi connectivity index (χ4v) is 3.70. The molecule has 1 aromatic rings. The second-order valence-corrected chi connectivity index (χ2v) is 6.98. The summed E-state index contributed by atoms with van der Waals surface area (Å²) in [5.41, 5.74) is 1.08. The number of fused-ring (bicyclic) bond motifs is 3. The second kappa shape index (κ2) is 8.06. The van der Waals surface area contributed by atoms with Crippen LogP contribution in [0.5, 0.6) is 11.5 Å². The third-order valence-corrected chi connectivity index (χ3v) is 5.17. The van der Waals surface area contributed by atoms with Gasteiger partial charge in [0.25, 0.3) is 0 Å². The fraction of sp³-hybridized carbons (Fsp3) is 0.632. The van der Waals surface area contributed by atoms with Gasteiger partial charge in [0.2, 0.25) is 5.91 Å². The first-order valence-electron chi connectivity index (χ1n) is 8.87. The Morgan fingerprint density at radius 1 is 1.16 bits per heavy atom. The Labute approximate surface area is 149 Å². The minimum atomic E-state index is 0.224. The number of likely N-dealkylation sites (N-methyl/N-ethyl adjacent to an activating group) is 1. The van der Waals surface area contributed by atoms with E-state index in [2.05, 4.69) is 11.9 Å². The number of carbonyl (C=O) groups excluding carboxylic acids is 1. The average Bonchev–Trinajstić information content (AvgIpc) is 2.87. The summed E-state index contributed by atoms with van der Waals surface area (Å²) in [7, 11) is 5.38. The summed E-state index contributed by atoms with van der Waals surface area (Å²) in [5.74, 6) is 2.04. The number of hydrogen-bond donors (Lipinski definition) is 0. The first-order chi connectivity index (χ1) is 12.1. The largest absolute Gasteiger partial charge is 0.493 e. The van der Waals surface area contributed by atoms with Gasteiger partial charge < -0.3 is 19.1 Å². The van der Waals surface area contributed by atoms with Crippen LogP contribution in [-0.2, 0) is 16.0 Å². The summed E-state index contributed by atoms with van der Waals surface area (Å²) in [6.07, 6.45) is 1.22. The van der Waals surface area contributed by atoms with Crippen molar-refractivity contribution in [1.82, 2.24) is 9.80 Å². The van der Waals surface area contributed by atoms with Crippen LogP contribution in [0, 0.1) is 5.92 Å². The van der Waals surface area contributed by atoms with Crippen LogP contribution in [0.4, 0.5) is 0 Å². The fourth-order valence-electron chi connectivity index (χ4n) is 3.70. The normalized spacial score (nSPS) is 23.9. The highest BCUT2D eigenvalue weighted by molar-refractivity contribution is 5.76. The Kier molecular flexibility index (Phi) is 5.81. The van der Waals surface area contributed by atoms with Crippen molar-refractivity contribution in [1.29, 1.82) is 0 Å². The van der Waals surface area contributed by atoms with Crippen molar-refractivity contribution in [3.05, 3.63) is 23.8 Å². The maximum atomic E-state index is 12.8. The molecule has 0 radical (unpaired) electrons. The van der Waals surface area contributed by atoms with Gasteiger partial charge in [-0.15, -0.1) is 0 Å². The van der Waals surface area contributed by atoms with Gasteiger partial charge >= 0.3 is 0 Å². The molecule has 0 N–H and O–H groups in total. The van der Waals surface area contributed by atoms with E-state index in [1.165, 1.54) is 0 Å². The lowest BCUT2D eigenvalue weighted by Crippen LogP contribution is -2.44. The highest BCUT2D eigenvalue weighted by Crippen LogP contribution is 2.28. The van der Waals surface area contributed by atoms with Crippen LogP contribution in [0.15, 0.2) is 18.2 Å². The molecule has 0 spiro atoms. The zero-order valence-electron chi connectivity index (χ0n) is 15.4. The van der Waals surface area contributed by atoms with Gasteiger partial charge in [-0.25, -0.2) is 0 Å². The van der Waals surface area contributed by atoms with E-state index in [9.17, 15) is 4.79 Å². The summed E-state index contributed by atoms with van der Waals surface area (Å²) in [4.78, 5) is 17.1. The predicted octanol–water partition coefficient (Wildman–Crippen LogP) is 1.43. The molecule has 1 amide bonds. The van der Waals surface area contributed by atoms with Gasteiger partial charge in [0.1, 0.15) is 0 Å². The van der Waals surface area contributed by atoms with Crippen molar-refractivity contribution in [2.75, 3.05) is 54.1 Å². The van der Waals surface area contributed by atoms with Crippen molar-refractivity contribution in [3.8, 4) is 11.5 Å². The number of nitrogens with zero attached hydrogens (tertiary/aromatic N) is 2. The summed E-state index contributed by atoms with van der Waals surface area (Å²) in [5, 5.41) is 0. The number of rotatable bonds is 5. The molecule has 2 aliphatic heterocycles. The van der Waals surface area contributed by atoms with Crippen LogP contribution >= 0.6 is 0 Å². The second-order valence-electron chi connectivity index (χ2n) is 6.98. The van der Waals surface area contributed by atoms with E-state index in [4.69, 9.17) is 14.2 Å². The highest BCUT2D eigenvalue weighted by atomic mass is 16.5. The third kappa shape index (κ3) is 4.25. The maximum absolute atomic E-state index is 12.8. The smallest absolute Gasteiger partial charge is 0.222 e. The van der Waals surface area contributed by atoms with E-state index >= 15 is 0 Å². The van der Waals surface area contributed by atoms with Gasteiger partial charge in [-0.3, -0.25) is 9.69 Å². The van der Waals surface area contributed by atoms with Crippen LogP contribution in [0.25, 0.3) is 0 Å². The number of methoxy groups -OCH3 is 2. The quantitative estimate of drug-likeness (QED) is 0.806. The minimum Gasteiger partial charge on any atom is -0.493 e. The van der Waals surface area contributed by atoms with Crippen molar-refractivity contribution < 1.29 is 19.0 Å². The third-order valence-electron chi connectivity index (χ3n) is 5.17. The summed E-state index contributed by atoms with van der Waals surface area (Å²) in [6, 6.07) is 6.14. The van der Waals surface area contributed by atoms with E-state index in [0.29, 0.717) is 42.9 Å². The molecule has 6 nitrogen and oxygen atoms in total. The molecule has 2 aliphatic rings. The van der Waals surface area contributed by atoms with Crippen LogP contribution in [0.3, 0.4) is 0 Å². The van der Waals surface area contributed by atoms with E-state index in [0.717, 1.165) is 31.8 Å². The standard InChI is InChI=1S/C19H28N2O4/c1-20-9-15-10-21(11-16(20)13-25-12-15)19(22)7-5-14-4-6-17(23-2)18(8-14)24-3/h4,6,8,15-16H,5,7,9-13H2,1-3H3/t15-,16+/m1/s1. The first kappa shape index (κ1) is 18.0. The lowest BCUT2D eigenvalue weighted by atomic mass is 10.1. The average molecular weight is 348 g/mol. The maximum Gasteiger partial charge on any atom is 0.222 e. The van der Waals surface area contributed by atoms with E-state index in [1.807, 2.05) is 23.1 Å². The van der Waals surface area contributed by atoms with Crippen LogP contribution in [0.2, 0.25) is 0 Å². The Hall–Kier alpha value is -1.79. The lowest BCUT2D eigenvalue weighted by Gasteiger charge is -2.29. The molecule has 2 bridgehead atoms. The molecule has 138 valence electrons. The molecular formula is C19H28N2O4. The first-order valence-corrected chi connectivity index (χ1v) is 8.87. The molecule has 2 heterocycles. The molecule has 0 aliphatic carbocycles. The van der Waals surface area contributed by atoms with E-state index in [-0.39, 0.29) is 5.91 Å². The van der Waals surface area contributed by atoms with Gasteiger partial charge in [0.15, 0.2) is 11.5 Å². The number of ether oxygens (including phenoxy) is 3. The Bertz CT molecular complexity index is 607. The van der Waals surface area contributed by atoms with Gasteiger partial charge in [0, 0.05) is 32.0 Å². The molecule has 0 unspecified atom stereocenters. The van der Waals surface area contributed by atoms with E-state index in [1.54, 1.807) is 14.2 Å². The molecule has 3 rings (SSSR count). The highest BCUT2D eigenvalue weighted by Gasteiger charge is 2.33. The molecule has 6 heteroatoms.